The molecule has 5 heteroatoms. The number of rotatable bonds is 3. The highest BCUT2D eigenvalue weighted by molar-refractivity contribution is 5.71. The molecule has 0 amide bonds. The van der Waals surface area contributed by atoms with Crippen LogP contribution < -0.4 is 0 Å². The normalized spacial score (nSPS) is 20.3. The predicted molar refractivity (Wildman–Crippen MR) is 33.6 cm³/mol. The van der Waals surface area contributed by atoms with Crippen LogP contribution in [0.5, 0.6) is 0 Å². The highest BCUT2D eigenvalue weighted by atomic mass is 19.3. The van der Waals surface area contributed by atoms with Crippen molar-refractivity contribution in [1.29, 1.82) is 0 Å². The SMILES string of the molecule is O=C(O)C1CN(CC(F)F)C1. The van der Waals surface area contributed by atoms with Gasteiger partial charge in [-0.15, -0.1) is 0 Å². The van der Waals surface area contributed by atoms with Crippen molar-refractivity contribution in [3.05, 3.63) is 0 Å². The van der Waals surface area contributed by atoms with Gasteiger partial charge in [0.1, 0.15) is 0 Å². The Labute approximate surface area is 62.6 Å². The second-order valence-electron chi connectivity index (χ2n) is 2.64. The van der Waals surface area contributed by atoms with E-state index in [9.17, 15) is 13.6 Å². The van der Waals surface area contributed by atoms with Crippen molar-refractivity contribution in [3.8, 4) is 0 Å². The van der Waals surface area contributed by atoms with Gasteiger partial charge in [0, 0.05) is 13.1 Å². The molecule has 0 bridgehead atoms. The molecule has 0 unspecified atom stereocenters. The molecule has 1 aliphatic heterocycles. The molecule has 0 aliphatic carbocycles. The van der Waals surface area contributed by atoms with Crippen molar-refractivity contribution in [3.63, 3.8) is 0 Å². The molecule has 0 atom stereocenters. The van der Waals surface area contributed by atoms with E-state index in [0.717, 1.165) is 0 Å². The molecule has 1 fully saturated rings. The molecular weight excluding hydrogens is 156 g/mol. The third kappa shape index (κ3) is 2.11. The maximum Gasteiger partial charge on any atom is 0.309 e. The molecule has 0 spiro atoms. The summed E-state index contributed by atoms with van der Waals surface area (Å²) in [7, 11) is 0. The summed E-state index contributed by atoms with van der Waals surface area (Å²) in [5.74, 6) is -1.33. The van der Waals surface area contributed by atoms with Crippen molar-refractivity contribution in [2.45, 2.75) is 6.43 Å². The van der Waals surface area contributed by atoms with E-state index in [4.69, 9.17) is 5.11 Å². The summed E-state index contributed by atoms with van der Waals surface area (Å²) in [4.78, 5) is 11.6. The van der Waals surface area contributed by atoms with Gasteiger partial charge in [-0.1, -0.05) is 0 Å². The molecular formula is C6H9F2NO2. The highest BCUT2D eigenvalue weighted by Crippen LogP contribution is 2.16. The Morgan fingerprint density at radius 2 is 2.18 bits per heavy atom. The Balaban J connectivity index is 2.14. The first-order valence-corrected chi connectivity index (χ1v) is 3.33. The number of hydrogen-bond acceptors (Lipinski definition) is 2. The fraction of sp³-hybridized carbons (Fsp3) is 0.833. The molecule has 0 aromatic carbocycles. The molecule has 64 valence electrons. The van der Waals surface area contributed by atoms with Crippen LogP contribution in [0, 0.1) is 5.92 Å². The zero-order chi connectivity index (χ0) is 8.43. The summed E-state index contributed by atoms with van der Waals surface area (Å²) in [5, 5.41) is 8.37. The molecule has 0 radical (unpaired) electrons. The van der Waals surface area contributed by atoms with Gasteiger partial charge in [-0.25, -0.2) is 8.78 Å². The molecule has 3 nitrogen and oxygen atoms in total. The minimum absolute atomic E-state index is 0.264. The minimum atomic E-state index is -2.36. The van der Waals surface area contributed by atoms with E-state index in [-0.39, 0.29) is 19.6 Å². The zero-order valence-electron chi connectivity index (χ0n) is 5.83. The number of nitrogens with zero attached hydrogens (tertiary/aromatic N) is 1. The summed E-state index contributed by atoms with van der Waals surface area (Å²) >= 11 is 0. The van der Waals surface area contributed by atoms with Gasteiger partial charge in [0.25, 0.3) is 6.43 Å². The number of carboxylic acid groups (broad SMARTS) is 1. The van der Waals surface area contributed by atoms with Gasteiger partial charge in [-0.2, -0.15) is 0 Å². The highest BCUT2D eigenvalue weighted by Gasteiger charge is 2.33. The quantitative estimate of drug-likeness (QED) is 0.652. The summed E-state index contributed by atoms with van der Waals surface area (Å²) in [5.41, 5.74) is 0. The first kappa shape index (κ1) is 8.39. The second-order valence-corrected chi connectivity index (χ2v) is 2.64. The van der Waals surface area contributed by atoms with Crippen LogP contribution in [0.4, 0.5) is 8.78 Å². The average molecular weight is 165 g/mol. The molecule has 1 rings (SSSR count). The summed E-state index contributed by atoms with van der Waals surface area (Å²) < 4.78 is 23.3. The second kappa shape index (κ2) is 3.13. The average Bonchev–Trinajstić information content (AvgIpc) is 1.75. The van der Waals surface area contributed by atoms with Crippen molar-refractivity contribution in [1.82, 2.24) is 4.90 Å². The number of carboxylic acids is 1. The predicted octanol–water partition coefficient (Wildman–Crippen LogP) is 0.268. The van der Waals surface area contributed by atoms with E-state index in [2.05, 4.69) is 0 Å². The van der Waals surface area contributed by atoms with E-state index in [1.54, 1.807) is 0 Å². The molecule has 0 saturated carbocycles. The van der Waals surface area contributed by atoms with E-state index < -0.39 is 18.3 Å². The molecule has 11 heavy (non-hydrogen) atoms. The molecule has 1 aliphatic rings. The lowest BCUT2D eigenvalue weighted by molar-refractivity contribution is -0.148. The number of likely N-dealkylation sites (tertiary alicyclic amines) is 1. The summed E-state index contributed by atoms with van der Waals surface area (Å²) in [6.07, 6.45) is -2.36. The lowest BCUT2D eigenvalue weighted by Crippen LogP contribution is -2.51. The molecule has 0 aromatic heterocycles. The third-order valence-electron chi connectivity index (χ3n) is 1.70. The molecule has 1 N–H and O–H groups in total. The molecule has 0 aromatic rings. The first-order chi connectivity index (χ1) is 5.09. The van der Waals surface area contributed by atoms with Gasteiger partial charge in [0.2, 0.25) is 0 Å². The van der Waals surface area contributed by atoms with E-state index in [1.165, 1.54) is 4.90 Å². The molecule has 1 saturated heterocycles. The fourth-order valence-electron chi connectivity index (χ4n) is 1.07. The van der Waals surface area contributed by atoms with Gasteiger partial charge in [-0.05, 0) is 0 Å². The van der Waals surface area contributed by atoms with Crippen LogP contribution in [0.1, 0.15) is 0 Å². The Bertz CT molecular complexity index is 157. The van der Waals surface area contributed by atoms with Crippen LogP contribution in [0.3, 0.4) is 0 Å². The largest absolute Gasteiger partial charge is 0.481 e. The van der Waals surface area contributed by atoms with Crippen LogP contribution in [-0.2, 0) is 4.79 Å². The monoisotopic (exact) mass is 165 g/mol. The van der Waals surface area contributed by atoms with Gasteiger partial charge in [0.15, 0.2) is 0 Å². The maximum absolute atomic E-state index is 11.6. The number of hydrogen-bond donors (Lipinski definition) is 1. The van der Waals surface area contributed by atoms with Crippen molar-refractivity contribution >= 4 is 5.97 Å². The Kier molecular flexibility index (Phi) is 2.38. The standard InChI is InChI=1S/C6H9F2NO2/c7-5(8)3-9-1-4(2-9)6(10)11/h4-5H,1-3H2,(H,10,11). The minimum Gasteiger partial charge on any atom is -0.481 e. The summed E-state index contributed by atoms with van der Waals surface area (Å²) in [6.45, 7) is 0.225. The van der Waals surface area contributed by atoms with Crippen molar-refractivity contribution in [2.75, 3.05) is 19.6 Å². The van der Waals surface area contributed by atoms with Gasteiger partial charge in [-0.3, -0.25) is 9.69 Å². The molecule has 1 heterocycles. The van der Waals surface area contributed by atoms with Gasteiger partial charge in [0.05, 0.1) is 12.5 Å². The van der Waals surface area contributed by atoms with Crippen molar-refractivity contribution < 1.29 is 18.7 Å². The van der Waals surface area contributed by atoms with Gasteiger partial charge < -0.3 is 5.11 Å². The summed E-state index contributed by atoms with van der Waals surface area (Å²) in [6, 6.07) is 0. The van der Waals surface area contributed by atoms with Crippen LogP contribution in [-0.4, -0.2) is 42.0 Å². The smallest absolute Gasteiger partial charge is 0.309 e. The Hall–Kier alpha value is -0.710. The fourth-order valence-corrected chi connectivity index (χ4v) is 1.07. The lowest BCUT2D eigenvalue weighted by atomic mass is 10.0. The van der Waals surface area contributed by atoms with Gasteiger partial charge >= 0.3 is 5.97 Å². The third-order valence-corrected chi connectivity index (χ3v) is 1.70. The first-order valence-electron chi connectivity index (χ1n) is 3.33. The zero-order valence-corrected chi connectivity index (χ0v) is 5.83. The number of carbonyl (C=O) groups is 1. The van der Waals surface area contributed by atoms with E-state index in [0.29, 0.717) is 0 Å². The number of halogens is 2. The van der Waals surface area contributed by atoms with Crippen LogP contribution in [0.15, 0.2) is 0 Å². The van der Waals surface area contributed by atoms with E-state index in [1.807, 2.05) is 0 Å². The van der Waals surface area contributed by atoms with Crippen molar-refractivity contribution in [2.24, 2.45) is 5.92 Å². The topological polar surface area (TPSA) is 40.5 Å². The van der Waals surface area contributed by atoms with Crippen LogP contribution >= 0.6 is 0 Å². The van der Waals surface area contributed by atoms with Crippen LogP contribution in [0.25, 0.3) is 0 Å². The number of alkyl halides is 2. The number of aliphatic carboxylic acids is 1. The van der Waals surface area contributed by atoms with E-state index >= 15 is 0 Å². The Morgan fingerprint density at radius 1 is 1.64 bits per heavy atom. The Morgan fingerprint density at radius 3 is 2.55 bits per heavy atom. The van der Waals surface area contributed by atoms with Crippen LogP contribution in [0.2, 0.25) is 0 Å². The lowest BCUT2D eigenvalue weighted by Gasteiger charge is -2.36. The maximum atomic E-state index is 11.6.